The van der Waals surface area contributed by atoms with Gasteiger partial charge in [-0.05, 0) is 24.0 Å². The van der Waals surface area contributed by atoms with Gasteiger partial charge in [-0.15, -0.1) is 0 Å². The highest BCUT2D eigenvalue weighted by atomic mass is 32.2. The van der Waals surface area contributed by atoms with Crippen molar-refractivity contribution in [1.82, 2.24) is 4.31 Å². The molecule has 1 aromatic carbocycles. The number of nitrogens with zero attached hydrogens (tertiary/aromatic N) is 2. The van der Waals surface area contributed by atoms with Crippen LogP contribution >= 0.6 is 0 Å². The molecular weight excluding hydrogens is 294 g/mol. The molecule has 0 saturated carbocycles. The van der Waals surface area contributed by atoms with Crippen molar-refractivity contribution in [3.05, 3.63) is 28.3 Å². The number of hydrogen-bond donors (Lipinski definition) is 1. The van der Waals surface area contributed by atoms with E-state index in [-0.39, 0.29) is 10.3 Å². The molecule has 0 amide bonds. The first-order valence-electron chi connectivity index (χ1n) is 6.64. The number of anilines is 1. The molecule has 1 heterocycles. The maximum absolute atomic E-state index is 12.6. The normalized spacial score (nSPS) is 18.6. The lowest BCUT2D eigenvalue weighted by atomic mass is 9.93. The van der Waals surface area contributed by atoms with E-state index in [4.69, 9.17) is 0 Å². The minimum absolute atomic E-state index is 0.104. The van der Waals surface area contributed by atoms with Crippen molar-refractivity contribution in [2.24, 2.45) is 5.41 Å². The van der Waals surface area contributed by atoms with E-state index in [0.717, 1.165) is 6.42 Å². The second-order valence-corrected chi connectivity index (χ2v) is 7.85. The van der Waals surface area contributed by atoms with Crippen LogP contribution in [0, 0.1) is 15.5 Å². The van der Waals surface area contributed by atoms with Crippen LogP contribution in [0.15, 0.2) is 23.1 Å². The molecule has 1 saturated heterocycles. The molecular formula is C13H19N3O4S. The van der Waals surface area contributed by atoms with Gasteiger partial charge in [-0.2, -0.15) is 4.31 Å². The van der Waals surface area contributed by atoms with Gasteiger partial charge in [0.1, 0.15) is 0 Å². The number of benzene rings is 1. The summed E-state index contributed by atoms with van der Waals surface area (Å²) in [6.07, 6.45) is 0.745. The van der Waals surface area contributed by atoms with Crippen LogP contribution in [0.5, 0.6) is 0 Å². The topological polar surface area (TPSA) is 92.6 Å². The summed E-state index contributed by atoms with van der Waals surface area (Å²) in [7, 11) is -2.23. The zero-order valence-electron chi connectivity index (χ0n) is 12.3. The zero-order chi connectivity index (χ0) is 15.8. The van der Waals surface area contributed by atoms with E-state index < -0.39 is 20.6 Å². The first-order chi connectivity index (χ1) is 9.67. The van der Waals surface area contributed by atoms with Gasteiger partial charge in [0.25, 0.3) is 5.69 Å². The molecule has 0 aliphatic carbocycles. The number of nitrogens with one attached hydrogen (secondary N) is 1. The Morgan fingerprint density at radius 1 is 1.38 bits per heavy atom. The van der Waals surface area contributed by atoms with Crippen molar-refractivity contribution >= 4 is 21.4 Å². The Labute approximate surface area is 124 Å². The minimum Gasteiger partial charge on any atom is -0.388 e. The molecule has 8 heteroatoms. The fourth-order valence-corrected chi connectivity index (χ4v) is 4.21. The van der Waals surface area contributed by atoms with Crippen LogP contribution in [0.1, 0.15) is 20.3 Å². The van der Waals surface area contributed by atoms with Gasteiger partial charge in [0.2, 0.25) is 10.0 Å². The number of sulfonamides is 1. The van der Waals surface area contributed by atoms with Crippen LogP contribution in [0.2, 0.25) is 0 Å². The Kier molecular flexibility index (Phi) is 3.94. The Bertz CT molecular complexity index is 670. The van der Waals surface area contributed by atoms with E-state index in [2.05, 4.69) is 5.32 Å². The van der Waals surface area contributed by atoms with Crippen molar-refractivity contribution in [2.75, 3.05) is 25.5 Å². The maximum atomic E-state index is 12.6. The second kappa shape index (κ2) is 5.27. The molecule has 2 rings (SSSR count). The minimum atomic E-state index is -3.85. The predicted octanol–water partition coefficient (Wildman–Crippen LogP) is 2.06. The fourth-order valence-electron chi connectivity index (χ4n) is 2.44. The van der Waals surface area contributed by atoms with Gasteiger partial charge in [0, 0.05) is 31.9 Å². The lowest BCUT2D eigenvalue weighted by Crippen LogP contribution is -2.30. The molecule has 0 aromatic heterocycles. The van der Waals surface area contributed by atoms with Gasteiger partial charge in [-0.1, -0.05) is 13.8 Å². The lowest BCUT2D eigenvalue weighted by Gasteiger charge is -2.19. The first-order valence-corrected chi connectivity index (χ1v) is 8.08. The van der Waals surface area contributed by atoms with E-state index in [1.165, 1.54) is 22.5 Å². The summed E-state index contributed by atoms with van der Waals surface area (Å²) in [5.41, 5.74) is 0.00112. The molecule has 0 unspecified atom stereocenters. The van der Waals surface area contributed by atoms with E-state index in [1.54, 1.807) is 7.05 Å². The highest BCUT2D eigenvalue weighted by molar-refractivity contribution is 7.89. The molecule has 0 radical (unpaired) electrons. The number of nitro benzene ring substituents is 1. The van der Waals surface area contributed by atoms with Crippen LogP contribution in [0.3, 0.4) is 0 Å². The fraction of sp³-hybridized carbons (Fsp3) is 0.538. The SMILES string of the molecule is CNc1ccc(S(=O)(=O)N2CCC(C)(C)C2)c([N+](=O)[O-])c1. The second-order valence-electron chi connectivity index (χ2n) is 5.94. The highest BCUT2D eigenvalue weighted by Gasteiger charge is 2.39. The van der Waals surface area contributed by atoms with Crippen LogP contribution in [0.4, 0.5) is 11.4 Å². The molecule has 21 heavy (non-hydrogen) atoms. The Morgan fingerprint density at radius 3 is 2.52 bits per heavy atom. The summed E-state index contributed by atoms with van der Waals surface area (Å²) in [6.45, 7) is 4.74. The van der Waals surface area contributed by atoms with Gasteiger partial charge in [0.15, 0.2) is 4.90 Å². The smallest absolute Gasteiger partial charge is 0.291 e. The van der Waals surface area contributed by atoms with E-state index in [0.29, 0.717) is 18.8 Å². The third-order valence-corrected chi connectivity index (χ3v) is 5.60. The van der Waals surface area contributed by atoms with Crippen molar-refractivity contribution in [3.8, 4) is 0 Å². The van der Waals surface area contributed by atoms with Crippen LogP contribution < -0.4 is 5.32 Å². The summed E-state index contributed by atoms with van der Waals surface area (Å²) in [5.74, 6) is 0. The molecule has 1 fully saturated rings. The lowest BCUT2D eigenvalue weighted by molar-refractivity contribution is -0.387. The molecule has 1 N–H and O–H groups in total. The van der Waals surface area contributed by atoms with Gasteiger partial charge in [-0.25, -0.2) is 8.42 Å². The molecule has 116 valence electrons. The monoisotopic (exact) mass is 313 g/mol. The average Bonchev–Trinajstić information content (AvgIpc) is 2.79. The van der Waals surface area contributed by atoms with Crippen LogP contribution in [-0.4, -0.2) is 37.8 Å². The molecule has 0 atom stereocenters. The van der Waals surface area contributed by atoms with Crippen molar-refractivity contribution < 1.29 is 13.3 Å². The molecule has 1 aliphatic rings. The van der Waals surface area contributed by atoms with Crippen molar-refractivity contribution in [1.29, 1.82) is 0 Å². The molecule has 0 bridgehead atoms. The van der Waals surface area contributed by atoms with E-state index >= 15 is 0 Å². The summed E-state index contributed by atoms with van der Waals surface area (Å²) in [6, 6.07) is 4.07. The first kappa shape index (κ1) is 15.7. The molecule has 0 spiro atoms. The predicted molar refractivity (Wildman–Crippen MR) is 79.8 cm³/mol. The number of hydrogen-bond acceptors (Lipinski definition) is 5. The summed E-state index contributed by atoms with van der Waals surface area (Å²) in [5, 5.41) is 13.9. The van der Waals surface area contributed by atoms with E-state index in [9.17, 15) is 18.5 Å². The largest absolute Gasteiger partial charge is 0.388 e. The highest BCUT2D eigenvalue weighted by Crippen LogP contribution is 2.36. The Morgan fingerprint density at radius 2 is 2.05 bits per heavy atom. The third-order valence-electron chi connectivity index (χ3n) is 3.70. The van der Waals surface area contributed by atoms with Gasteiger partial charge in [-0.3, -0.25) is 10.1 Å². The number of nitro groups is 1. The van der Waals surface area contributed by atoms with Gasteiger partial charge >= 0.3 is 0 Å². The molecule has 1 aromatic rings. The summed E-state index contributed by atoms with van der Waals surface area (Å²) in [4.78, 5) is 10.3. The zero-order valence-corrected chi connectivity index (χ0v) is 13.1. The number of rotatable bonds is 4. The van der Waals surface area contributed by atoms with Crippen LogP contribution in [0.25, 0.3) is 0 Å². The molecule has 7 nitrogen and oxygen atoms in total. The van der Waals surface area contributed by atoms with Gasteiger partial charge in [0.05, 0.1) is 4.92 Å². The van der Waals surface area contributed by atoms with Crippen molar-refractivity contribution in [2.45, 2.75) is 25.2 Å². The van der Waals surface area contributed by atoms with Gasteiger partial charge < -0.3 is 5.32 Å². The summed E-state index contributed by atoms with van der Waals surface area (Å²) >= 11 is 0. The maximum Gasteiger partial charge on any atom is 0.291 e. The Hall–Kier alpha value is -1.67. The average molecular weight is 313 g/mol. The molecule has 1 aliphatic heterocycles. The summed E-state index contributed by atoms with van der Waals surface area (Å²) < 4.78 is 26.6. The third kappa shape index (κ3) is 3.01. The standard InChI is InChI=1S/C13H19N3O4S/c1-13(2)6-7-15(9-13)21(19,20)12-5-4-10(14-3)8-11(12)16(17)18/h4-5,8,14H,6-7,9H2,1-3H3. The Balaban J connectivity index is 2.48. The van der Waals surface area contributed by atoms with E-state index in [1.807, 2.05) is 13.8 Å². The van der Waals surface area contributed by atoms with Crippen LogP contribution in [-0.2, 0) is 10.0 Å². The van der Waals surface area contributed by atoms with Crippen molar-refractivity contribution in [3.63, 3.8) is 0 Å². The quantitative estimate of drug-likeness (QED) is 0.678.